The van der Waals surface area contributed by atoms with E-state index in [0.29, 0.717) is 12.6 Å². The van der Waals surface area contributed by atoms with Gasteiger partial charge in [0.25, 0.3) is 0 Å². The van der Waals surface area contributed by atoms with Crippen LogP contribution in [0.4, 0.5) is 0 Å². The number of aromatic nitrogens is 5. The van der Waals surface area contributed by atoms with Gasteiger partial charge in [-0.1, -0.05) is 6.07 Å². The van der Waals surface area contributed by atoms with Crippen molar-refractivity contribution in [3.8, 4) is 0 Å². The molecule has 0 saturated heterocycles. The minimum atomic E-state index is 0.398. The summed E-state index contributed by atoms with van der Waals surface area (Å²) in [6.07, 6.45) is 6.80. The second-order valence-corrected chi connectivity index (χ2v) is 4.88. The van der Waals surface area contributed by atoms with E-state index in [1.807, 2.05) is 45.7 Å². The molecule has 0 spiro atoms. The summed E-state index contributed by atoms with van der Waals surface area (Å²) in [7, 11) is 0. The average Bonchev–Trinajstić information content (AvgIpc) is 3.12. The molecule has 104 valence electrons. The smallest absolute Gasteiger partial charge is 0.160 e. The van der Waals surface area contributed by atoms with Crippen molar-refractivity contribution in [2.24, 2.45) is 0 Å². The van der Waals surface area contributed by atoms with Gasteiger partial charge in [0.15, 0.2) is 11.5 Å². The van der Waals surface area contributed by atoms with E-state index < -0.39 is 0 Å². The predicted octanol–water partition coefficient (Wildman–Crippen LogP) is 1.49. The van der Waals surface area contributed by atoms with Gasteiger partial charge in [0.2, 0.25) is 0 Å². The molecule has 1 atom stereocenters. The van der Waals surface area contributed by atoms with Gasteiger partial charge in [-0.15, -0.1) is 10.2 Å². The summed E-state index contributed by atoms with van der Waals surface area (Å²) >= 11 is 0. The first-order valence-corrected chi connectivity index (χ1v) is 6.82. The summed E-state index contributed by atoms with van der Waals surface area (Å²) in [6, 6.07) is 8.25. The lowest BCUT2D eigenvalue weighted by molar-refractivity contribution is 0.452. The van der Waals surface area contributed by atoms with Gasteiger partial charge in [-0.25, -0.2) is 0 Å². The predicted molar refractivity (Wildman–Crippen MR) is 76.1 cm³/mol. The summed E-state index contributed by atoms with van der Waals surface area (Å²) < 4.78 is 3.96. The van der Waals surface area contributed by atoms with E-state index in [0.717, 1.165) is 24.4 Å². The van der Waals surface area contributed by atoms with Crippen LogP contribution in [-0.2, 0) is 13.1 Å². The maximum atomic E-state index is 4.21. The van der Waals surface area contributed by atoms with Crippen molar-refractivity contribution in [1.29, 1.82) is 0 Å². The Hall–Kier alpha value is -2.21. The number of hydrogen-bond acceptors (Lipinski definition) is 4. The second-order valence-electron chi connectivity index (χ2n) is 4.88. The highest BCUT2D eigenvalue weighted by Gasteiger charge is 2.07. The molecule has 0 aliphatic heterocycles. The molecular weight excluding hydrogens is 252 g/mol. The van der Waals surface area contributed by atoms with Crippen molar-refractivity contribution in [3.63, 3.8) is 0 Å². The van der Waals surface area contributed by atoms with Crippen LogP contribution in [0.1, 0.15) is 19.2 Å². The molecule has 0 unspecified atom stereocenters. The van der Waals surface area contributed by atoms with Crippen LogP contribution in [0.5, 0.6) is 0 Å². The highest BCUT2D eigenvalue weighted by Crippen LogP contribution is 2.03. The zero-order chi connectivity index (χ0) is 13.8. The highest BCUT2D eigenvalue weighted by molar-refractivity contribution is 5.36. The molecule has 0 saturated carbocycles. The minimum absolute atomic E-state index is 0.398. The third kappa shape index (κ3) is 2.85. The lowest BCUT2D eigenvalue weighted by atomic mass is 10.2. The number of nitrogens with zero attached hydrogens (tertiary/aromatic N) is 5. The maximum Gasteiger partial charge on any atom is 0.160 e. The van der Waals surface area contributed by atoms with Crippen LogP contribution in [-0.4, -0.2) is 30.4 Å². The monoisotopic (exact) mass is 270 g/mol. The summed E-state index contributed by atoms with van der Waals surface area (Å²) in [6.45, 7) is 3.81. The minimum Gasteiger partial charge on any atom is -0.307 e. The van der Waals surface area contributed by atoms with Gasteiger partial charge >= 0.3 is 0 Å². The van der Waals surface area contributed by atoms with E-state index in [-0.39, 0.29) is 0 Å². The van der Waals surface area contributed by atoms with Gasteiger partial charge in [-0.05, 0) is 31.5 Å². The van der Waals surface area contributed by atoms with Crippen LogP contribution in [0.2, 0.25) is 0 Å². The molecule has 3 aromatic heterocycles. The first-order chi connectivity index (χ1) is 9.83. The van der Waals surface area contributed by atoms with Gasteiger partial charge < -0.3 is 5.32 Å². The molecule has 0 aromatic carbocycles. The van der Waals surface area contributed by atoms with Crippen LogP contribution in [0.15, 0.2) is 42.9 Å². The Morgan fingerprint density at radius 3 is 3.00 bits per heavy atom. The van der Waals surface area contributed by atoms with E-state index in [4.69, 9.17) is 0 Å². The zero-order valence-corrected chi connectivity index (χ0v) is 11.5. The first kappa shape index (κ1) is 12.8. The van der Waals surface area contributed by atoms with E-state index in [1.54, 1.807) is 6.20 Å². The molecule has 1 N–H and O–H groups in total. The van der Waals surface area contributed by atoms with Crippen molar-refractivity contribution in [3.05, 3.63) is 48.7 Å². The molecule has 6 heteroatoms. The molecule has 0 bridgehead atoms. The van der Waals surface area contributed by atoms with E-state index in [2.05, 4.69) is 27.5 Å². The van der Waals surface area contributed by atoms with Crippen molar-refractivity contribution in [1.82, 2.24) is 29.7 Å². The SMILES string of the molecule is C[C@H](CCn1cccn1)NCc1nnc2ccccn12. The number of pyridine rings is 1. The molecule has 0 aliphatic rings. The number of nitrogens with one attached hydrogen (secondary N) is 1. The number of aryl methyl sites for hydroxylation is 1. The Balaban J connectivity index is 1.53. The Morgan fingerprint density at radius 1 is 1.20 bits per heavy atom. The van der Waals surface area contributed by atoms with Crippen LogP contribution < -0.4 is 5.32 Å². The lowest BCUT2D eigenvalue weighted by Crippen LogP contribution is -2.27. The molecule has 3 heterocycles. The topological polar surface area (TPSA) is 60.0 Å². The lowest BCUT2D eigenvalue weighted by Gasteiger charge is -2.12. The van der Waals surface area contributed by atoms with Gasteiger partial charge in [0.1, 0.15) is 0 Å². The molecule has 0 amide bonds. The van der Waals surface area contributed by atoms with Gasteiger partial charge in [-0.3, -0.25) is 9.08 Å². The van der Waals surface area contributed by atoms with Crippen LogP contribution >= 0.6 is 0 Å². The fourth-order valence-electron chi connectivity index (χ4n) is 2.14. The quantitative estimate of drug-likeness (QED) is 0.737. The third-order valence-corrected chi connectivity index (χ3v) is 3.34. The Labute approximate surface area is 117 Å². The van der Waals surface area contributed by atoms with E-state index in [9.17, 15) is 0 Å². The fraction of sp³-hybridized carbons (Fsp3) is 0.357. The molecule has 3 aromatic rings. The van der Waals surface area contributed by atoms with Crippen molar-refractivity contribution < 1.29 is 0 Å². The zero-order valence-electron chi connectivity index (χ0n) is 11.5. The van der Waals surface area contributed by atoms with Crippen LogP contribution in [0.3, 0.4) is 0 Å². The van der Waals surface area contributed by atoms with Gasteiger partial charge in [-0.2, -0.15) is 5.10 Å². The summed E-state index contributed by atoms with van der Waals surface area (Å²) in [5.41, 5.74) is 0.883. The van der Waals surface area contributed by atoms with Crippen molar-refractivity contribution >= 4 is 5.65 Å². The molecule has 0 aliphatic carbocycles. The molecule has 3 rings (SSSR count). The fourth-order valence-corrected chi connectivity index (χ4v) is 2.14. The normalized spacial score (nSPS) is 12.8. The first-order valence-electron chi connectivity index (χ1n) is 6.82. The molecular formula is C14H18N6. The summed E-state index contributed by atoms with van der Waals surface area (Å²) in [4.78, 5) is 0. The maximum absolute atomic E-state index is 4.21. The largest absolute Gasteiger partial charge is 0.307 e. The molecule has 6 nitrogen and oxygen atoms in total. The average molecular weight is 270 g/mol. The standard InChI is InChI=1S/C14H18N6/c1-12(6-10-19-8-4-7-16-19)15-11-14-18-17-13-5-2-3-9-20(13)14/h2-5,7-9,12,15H,6,10-11H2,1H3/t12-/m1/s1. The number of hydrogen-bond donors (Lipinski definition) is 1. The van der Waals surface area contributed by atoms with Gasteiger partial charge in [0, 0.05) is 31.2 Å². The van der Waals surface area contributed by atoms with Crippen LogP contribution in [0.25, 0.3) is 5.65 Å². The Bertz CT molecular complexity index is 657. The Kier molecular flexibility index (Phi) is 3.73. The van der Waals surface area contributed by atoms with Gasteiger partial charge in [0.05, 0.1) is 6.54 Å². The Morgan fingerprint density at radius 2 is 2.15 bits per heavy atom. The highest BCUT2D eigenvalue weighted by atomic mass is 15.3. The van der Waals surface area contributed by atoms with Crippen molar-refractivity contribution in [2.45, 2.75) is 32.5 Å². The van der Waals surface area contributed by atoms with E-state index >= 15 is 0 Å². The van der Waals surface area contributed by atoms with Crippen molar-refractivity contribution in [2.75, 3.05) is 0 Å². The summed E-state index contributed by atoms with van der Waals surface area (Å²) in [5, 5.41) is 16.0. The number of rotatable bonds is 6. The molecule has 0 radical (unpaired) electrons. The third-order valence-electron chi connectivity index (χ3n) is 3.34. The summed E-state index contributed by atoms with van der Waals surface area (Å²) in [5.74, 6) is 0.937. The second kappa shape index (κ2) is 5.83. The number of fused-ring (bicyclic) bond motifs is 1. The van der Waals surface area contributed by atoms with Crippen LogP contribution in [0, 0.1) is 0 Å². The molecule has 20 heavy (non-hydrogen) atoms. The van der Waals surface area contributed by atoms with E-state index in [1.165, 1.54) is 0 Å². The molecule has 0 fully saturated rings.